The molecule has 0 saturated carbocycles. The zero-order valence-electron chi connectivity index (χ0n) is 14.5. The van der Waals surface area contributed by atoms with Gasteiger partial charge in [0.2, 0.25) is 10.0 Å². The summed E-state index contributed by atoms with van der Waals surface area (Å²) in [7, 11) is -2.06. The van der Waals surface area contributed by atoms with Crippen LogP contribution >= 0.6 is 0 Å². The maximum absolute atomic E-state index is 12.8. The Kier molecular flexibility index (Phi) is 4.79. The second kappa shape index (κ2) is 6.86. The molecule has 1 N–H and O–H groups in total. The number of ether oxygens (including phenoxy) is 1. The molecule has 1 atom stereocenters. The highest BCUT2D eigenvalue weighted by atomic mass is 32.2. The summed E-state index contributed by atoms with van der Waals surface area (Å²) in [6, 6.07) is 18.1. The van der Waals surface area contributed by atoms with Crippen LogP contribution in [0.3, 0.4) is 0 Å². The van der Waals surface area contributed by atoms with Crippen LogP contribution in [0.25, 0.3) is 10.8 Å². The summed E-state index contributed by atoms with van der Waals surface area (Å²) in [6.45, 7) is 3.78. The number of aryl methyl sites for hydroxylation is 1. The largest absolute Gasteiger partial charge is 0.496 e. The van der Waals surface area contributed by atoms with E-state index < -0.39 is 16.1 Å². The highest BCUT2D eigenvalue weighted by molar-refractivity contribution is 7.89. The molecule has 0 amide bonds. The molecule has 3 rings (SSSR count). The highest BCUT2D eigenvalue weighted by Crippen LogP contribution is 2.28. The van der Waals surface area contributed by atoms with Gasteiger partial charge in [0.05, 0.1) is 12.0 Å². The minimum atomic E-state index is -3.64. The topological polar surface area (TPSA) is 55.4 Å². The van der Waals surface area contributed by atoms with Crippen LogP contribution in [-0.4, -0.2) is 15.5 Å². The maximum Gasteiger partial charge on any atom is 0.241 e. The molecule has 4 nitrogen and oxygen atoms in total. The Labute approximate surface area is 148 Å². The van der Waals surface area contributed by atoms with E-state index in [0.29, 0.717) is 5.75 Å². The minimum absolute atomic E-state index is 0.254. The second-order valence-corrected chi connectivity index (χ2v) is 7.81. The first kappa shape index (κ1) is 17.5. The van der Waals surface area contributed by atoms with Crippen LogP contribution in [0.4, 0.5) is 0 Å². The molecule has 1 unspecified atom stereocenters. The van der Waals surface area contributed by atoms with Crippen LogP contribution in [0.5, 0.6) is 5.75 Å². The Bertz CT molecular complexity index is 1010. The Hall–Kier alpha value is -2.37. The summed E-state index contributed by atoms with van der Waals surface area (Å²) in [4.78, 5) is 0.254. The number of hydrogen-bond donors (Lipinski definition) is 1. The molecule has 0 aliphatic rings. The average Bonchev–Trinajstić information content (AvgIpc) is 2.60. The van der Waals surface area contributed by atoms with Crippen LogP contribution < -0.4 is 9.46 Å². The lowest BCUT2D eigenvalue weighted by molar-refractivity contribution is 0.405. The predicted molar refractivity (Wildman–Crippen MR) is 100 cm³/mol. The van der Waals surface area contributed by atoms with Crippen molar-refractivity contribution in [3.63, 3.8) is 0 Å². The van der Waals surface area contributed by atoms with Gasteiger partial charge < -0.3 is 4.74 Å². The molecule has 0 saturated heterocycles. The van der Waals surface area contributed by atoms with E-state index in [-0.39, 0.29) is 4.90 Å². The first-order chi connectivity index (χ1) is 11.9. The fourth-order valence-corrected chi connectivity index (χ4v) is 4.15. The average molecular weight is 355 g/mol. The third-order valence-corrected chi connectivity index (χ3v) is 5.75. The van der Waals surface area contributed by atoms with Crippen molar-refractivity contribution >= 4 is 20.8 Å². The van der Waals surface area contributed by atoms with Crippen molar-refractivity contribution in [3.8, 4) is 5.75 Å². The molecule has 25 heavy (non-hydrogen) atoms. The van der Waals surface area contributed by atoms with Gasteiger partial charge in [-0.05, 0) is 42.8 Å². The van der Waals surface area contributed by atoms with Crippen LogP contribution in [0.15, 0.2) is 65.6 Å². The Balaban J connectivity index is 1.93. The van der Waals surface area contributed by atoms with Crippen molar-refractivity contribution in [2.45, 2.75) is 24.8 Å². The van der Waals surface area contributed by atoms with Gasteiger partial charge in [-0.25, -0.2) is 13.1 Å². The summed E-state index contributed by atoms with van der Waals surface area (Å²) in [5.41, 5.74) is 1.86. The third-order valence-electron chi connectivity index (χ3n) is 4.21. The van der Waals surface area contributed by atoms with Gasteiger partial charge in [-0.1, -0.05) is 48.0 Å². The van der Waals surface area contributed by atoms with Gasteiger partial charge in [0.25, 0.3) is 0 Å². The van der Waals surface area contributed by atoms with Gasteiger partial charge in [0.1, 0.15) is 5.75 Å². The van der Waals surface area contributed by atoms with E-state index in [4.69, 9.17) is 4.74 Å². The molecular weight excluding hydrogens is 334 g/mol. The van der Waals surface area contributed by atoms with Crippen molar-refractivity contribution < 1.29 is 13.2 Å². The van der Waals surface area contributed by atoms with Crippen molar-refractivity contribution in [3.05, 3.63) is 71.8 Å². The summed E-state index contributed by atoms with van der Waals surface area (Å²) in [5, 5.41) is 1.90. The van der Waals surface area contributed by atoms with Gasteiger partial charge in [-0.2, -0.15) is 0 Å². The van der Waals surface area contributed by atoms with Crippen molar-refractivity contribution in [1.82, 2.24) is 4.72 Å². The molecule has 0 aliphatic heterocycles. The van der Waals surface area contributed by atoms with Crippen LogP contribution in [-0.2, 0) is 10.0 Å². The van der Waals surface area contributed by atoms with Crippen molar-refractivity contribution in [1.29, 1.82) is 0 Å². The number of nitrogens with one attached hydrogen (secondary N) is 1. The van der Waals surface area contributed by atoms with Gasteiger partial charge in [0, 0.05) is 11.6 Å². The molecule has 0 aromatic heterocycles. The lowest BCUT2D eigenvalue weighted by Crippen LogP contribution is -2.27. The fraction of sp³-hybridized carbons (Fsp3) is 0.200. The summed E-state index contributed by atoms with van der Waals surface area (Å²) < 4.78 is 33.7. The van der Waals surface area contributed by atoms with E-state index in [1.54, 1.807) is 19.2 Å². The third kappa shape index (κ3) is 3.67. The monoisotopic (exact) mass is 355 g/mol. The summed E-state index contributed by atoms with van der Waals surface area (Å²) in [6.07, 6.45) is 0. The Morgan fingerprint density at radius 3 is 2.40 bits per heavy atom. The van der Waals surface area contributed by atoms with Gasteiger partial charge in [-0.3, -0.25) is 0 Å². The zero-order valence-corrected chi connectivity index (χ0v) is 15.3. The minimum Gasteiger partial charge on any atom is -0.496 e. The summed E-state index contributed by atoms with van der Waals surface area (Å²) >= 11 is 0. The zero-order chi connectivity index (χ0) is 18.0. The molecule has 5 heteroatoms. The van der Waals surface area contributed by atoms with Gasteiger partial charge in [0.15, 0.2) is 0 Å². The molecule has 0 aliphatic carbocycles. The second-order valence-electron chi connectivity index (χ2n) is 6.10. The lowest BCUT2D eigenvalue weighted by atomic mass is 10.1. The Morgan fingerprint density at radius 1 is 0.960 bits per heavy atom. The van der Waals surface area contributed by atoms with Gasteiger partial charge in [-0.15, -0.1) is 0 Å². The number of hydrogen-bond acceptors (Lipinski definition) is 3. The summed E-state index contributed by atoms with van der Waals surface area (Å²) in [5.74, 6) is 0.666. The van der Waals surface area contributed by atoms with E-state index in [1.807, 2.05) is 62.4 Å². The number of fused-ring (bicyclic) bond motifs is 1. The van der Waals surface area contributed by atoms with E-state index in [0.717, 1.165) is 21.9 Å². The lowest BCUT2D eigenvalue weighted by Gasteiger charge is -2.18. The van der Waals surface area contributed by atoms with Crippen LogP contribution in [0.2, 0.25) is 0 Å². The standard InChI is InChI=1S/C20H21NO3S/c1-14-8-11-20(24-3)19(12-14)15(2)21-25(22,23)18-10-9-16-6-4-5-7-17(16)13-18/h4-13,15,21H,1-3H3. The Morgan fingerprint density at radius 2 is 1.68 bits per heavy atom. The number of benzene rings is 3. The predicted octanol–water partition coefficient (Wildman–Crippen LogP) is 4.20. The van der Waals surface area contributed by atoms with E-state index in [1.165, 1.54) is 0 Å². The molecule has 0 heterocycles. The molecule has 0 radical (unpaired) electrons. The first-order valence-corrected chi connectivity index (χ1v) is 9.55. The quantitative estimate of drug-likeness (QED) is 0.746. The van der Waals surface area contributed by atoms with E-state index in [2.05, 4.69) is 4.72 Å². The molecule has 3 aromatic carbocycles. The molecule has 0 fully saturated rings. The van der Waals surface area contributed by atoms with Crippen LogP contribution in [0, 0.1) is 6.92 Å². The first-order valence-electron chi connectivity index (χ1n) is 8.06. The van der Waals surface area contributed by atoms with Crippen LogP contribution in [0.1, 0.15) is 24.1 Å². The molecule has 0 spiro atoms. The molecular formula is C20H21NO3S. The molecule has 130 valence electrons. The van der Waals surface area contributed by atoms with Gasteiger partial charge >= 0.3 is 0 Å². The number of sulfonamides is 1. The normalized spacial score (nSPS) is 12.9. The maximum atomic E-state index is 12.8. The number of rotatable bonds is 5. The molecule has 0 bridgehead atoms. The SMILES string of the molecule is COc1ccc(C)cc1C(C)NS(=O)(=O)c1ccc2ccccc2c1. The van der Waals surface area contributed by atoms with Crippen molar-refractivity contribution in [2.24, 2.45) is 0 Å². The number of methoxy groups -OCH3 is 1. The van der Waals surface area contributed by atoms with Crippen molar-refractivity contribution in [2.75, 3.05) is 7.11 Å². The van der Waals surface area contributed by atoms with E-state index in [9.17, 15) is 8.42 Å². The smallest absolute Gasteiger partial charge is 0.241 e. The highest BCUT2D eigenvalue weighted by Gasteiger charge is 2.21. The fourth-order valence-electron chi connectivity index (χ4n) is 2.89. The van der Waals surface area contributed by atoms with E-state index >= 15 is 0 Å². The molecule has 3 aromatic rings.